The molecule has 0 aliphatic heterocycles. The summed E-state index contributed by atoms with van der Waals surface area (Å²) in [5.74, 6) is -0.295. The molecule has 3 atom stereocenters. The summed E-state index contributed by atoms with van der Waals surface area (Å²) in [5.41, 5.74) is -0.825. The van der Waals surface area contributed by atoms with Crippen molar-refractivity contribution in [2.24, 2.45) is 5.41 Å². The van der Waals surface area contributed by atoms with Crippen LogP contribution in [0.3, 0.4) is 0 Å². The van der Waals surface area contributed by atoms with E-state index in [4.69, 9.17) is 5.11 Å². The highest BCUT2D eigenvalue weighted by Crippen LogP contribution is 2.48. The number of nitrogens with one attached hydrogen (secondary N) is 1. The van der Waals surface area contributed by atoms with E-state index in [1.165, 1.54) is 0 Å². The Balaban J connectivity index is 2.30. The lowest BCUT2D eigenvalue weighted by molar-refractivity contribution is -0.126. The van der Waals surface area contributed by atoms with Crippen molar-refractivity contribution < 1.29 is 14.3 Å². The number of hydrogen-bond acceptors (Lipinski definition) is 2. The Labute approximate surface area is 71.0 Å². The van der Waals surface area contributed by atoms with Gasteiger partial charge in [0.1, 0.15) is 6.17 Å². The molecule has 0 heterocycles. The molecule has 1 fully saturated rings. The zero-order valence-corrected chi connectivity index (χ0v) is 7.30. The first-order valence-corrected chi connectivity index (χ1v) is 4.07. The first-order valence-electron chi connectivity index (χ1n) is 4.07. The van der Waals surface area contributed by atoms with Gasteiger partial charge in [-0.25, -0.2) is 4.39 Å². The molecule has 0 spiro atoms. The highest BCUT2D eigenvalue weighted by Gasteiger charge is 2.57. The van der Waals surface area contributed by atoms with E-state index >= 15 is 0 Å². The summed E-state index contributed by atoms with van der Waals surface area (Å²) < 4.78 is 12.6. The highest BCUT2D eigenvalue weighted by molar-refractivity contribution is 5.86. The van der Waals surface area contributed by atoms with E-state index < -0.39 is 17.7 Å². The average molecular weight is 175 g/mol. The summed E-state index contributed by atoms with van der Waals surface area (Å²) in [6.45, 7) is 3.36. The predicted octanol–water partition coefficient (Wildman–Crippen LogP) is 0.232. The number of aliphatic hydroxyl groups is 1. The Kier molecular flexibility index (Phi) is 2.37. The van der Waals surface area contributed by atoms with Gasteiger partial charge in [-0.1, -0.05) is 0 Å². The molecule has 1 amide bonds. The highest BCUT2D eigenvalue weighted by atomic mass is 19.1. The van der Waals surface area contributed by atoms with E-state index in [2.05, 4.69) is 5.32 Å². The normalized spacial score (nSPS) is 35.8. The maximum Gasteiger partial charge on any atom is 0.229 e. The number of rotatable bonds is 3. The summed E-state index contributed by atoms with van der Waals surface area (Å²) in [6, 6.07) is 0. The van der Waals surface area contributed by atoms with Crippen LogP contribution < -0.4 is 5.32 Å². The van der Waals surface area contributed by atoms with Crippen molar-refractivity contribution in [1.29, 1.82) is 0 Å². The minimum atomic E-state index is -1.01. The number of carbonyl (C=O) groups excluding carboxylic acids is 1. The summed E-state index contributed by atoms with van der Waals surface area (Å²) >= 11 is 0. The topological polar surface area (TPSA) is 49.3 Å². The Morgan fingerprint density at radius 3 is 2.75 bits per heavy atom. The van der Waals surface area contributed by atoms with Crippen molar-refractivity contribution in [3.05, 3.63) is 0 Å². The SMILES string of the molecule is C[C@H](O)CNC(=O)C1(C)CC1F. The van der Waals surface area contributed by atoms with Crippen molar-refractivity contribution in [2.45, 2.75) is 32.5 Å². The van der Waals surface area contributed by atoms with Crippen molar-refractivity contribution >= 4 is 5.91 Å². The van der Waals surface area contributed by atoms with Gasteiger partial charge in [-0.15, -0.1) is 0 Å². The molecule has 1 aliphatic rings. The van der Waals surface area contributed by atoms with Crippen LogP contribution in [0.2, 0.25) is 0 Å². The lowest BCUT2D eigenvalue weighted by atomic mass is 10.1. The second kappa shape index (κ2) is 3.01. The third kappa shape index (κ3) is 1.75. The lowest BCUT2D eigenvalue weighted by Crippen LogP contribution is -2.36. The monoisotopic (exact) mass is 175 g/mol. The van der Waals surface area contributed by atoms with E-state index in [1.807, 2.05) is 0 Å². The van der Waals surface area contributed by atoms with Crippen LogP contribution in [0.5, 0.6) is 0 Å². The van der Waals surface area contributed by atoms with E-state index in [0.717, 1.165) is 0 Å². The van der Waals surface area contributed by atoms with Crippen LogP contribution in [0, 0.1) is 5.41 Å². The van der Waals surface area contributed by atoms with Crippen LogP contribution in [0.25, 0.3) is 0 Å². The zero-order chi connectivity index (χ0) is 9.35. The number of hydrogen-bond donors (Lipinski definition) is 2. The van der Waals surface area contributed by atoms with Gasteiger partial charge in [0.2, 0.25) is 5.91 Å². The van der Waals surface area contributed by atoms with Gasteiger partial charge in [-0.05, 0) is 20.3 Å². The van der Waals surface area contributed by atoms with Gasteiger partial charge in [0.15, 0.2) is 0 Å². The van der Waals surface area contributed by atoms with Crippen LogP contribution in [-0.2, 0) is 4.79 Å². The molecule has 0 radical (unpaired) electrons. The number of amides is 1. The molecule has 1 rings (SSSR count). The van der Waals surface area contributed by atoms with Crippen LogP contribution >= 0.6 is 0 Å². The van der Waals surface area contributed by atoms with Gasteiger partial charge in [0.05, 0.1) is 11.5 Å². The largest absolute Gasteiger partial charge is 0.392 e. The smallest absolute Gasteiger partial charge is 0.229 e. The second-order valence-corrected chi connectivity index (χ2v) is 3.65. The summed E-state index contributed by atoms with van der Waals surface area (Å²) in [7, 11) is 0. The molecule has 1 saturated carbocycles. The van der Waals surface area contributed by atoms with Gasteiger partial charge < -0.3 is 10.4 Å². The molecule has 70 valence electrons. The fourth-order valence-electron chi connectivity index (χ4n) is 0.991. The number of alkyl halides is 1. The van der Waals surface area contributed by atoms with Crippen molar-refractivity contribution in [1.82, 2.24) is 5.32 Å². The third-order valence-electron chi connectivity index (χ3n) is 2.21. The molecule has 0 aromatic carbocycles. The molecule has 2 N–H and O–H groups in total. The third-order valence-corrected chi connectivity index (χ3v) is 2.21. The van der Waals surface area contributed by atoms with Crippen LogP contribution in [0.1, 0.15) is 20.3 Å². The molecule has 0 bridgehead atoms. The van der Waals surface area contributed by atoms with Crippen molar-refractivity contribution in [3.8, 4) is 0 Å². The Bertz CT molecular complexity index is 195. The minimum absolute atomic E-state index is 0.196. The minimum Gasteiger partial charge on any atom is -0.392 e. The molecule has 0 saturated heterocycles. The van der Waals surface area contributed by atoms with E-state index in [-0.39, 0.29) is 12.5 Å². The second-order valence-electron chi connectivity index (χ2n) is 3.65. The Morgan fingerprint density at radius 1 is 1.92 bits per heavy atom. The summed E-state index contributed by atoms with van der Waals surface area (Å²) in [6.07, 6.45) is -1.28. The molecule has 0 aromatic heterocycles. The van der Waals surface area contributed by atoms with Crippen LogP contribution in [0.4, 0.5) is 4.39 Å². The molecule has 1 aliphatic carbocycles. The van der Waals surface area contributed by atoms with Gasteiger partial charge >= 0.3 is 0 Å². The first-order chi connectivity index (χ1) is 5.47. The number of halogens is 1. The maximum atomic E-state index is 12.6. The molecule has 3 nitrogen and oxygen atoms in total. The van der Waals surface area contributed by atoms with Gasteiger partial charge in [0, 0.05) is 6.54 Å². The van der Waals surface area contributed by atoms with Gasteiger partial charge in [-0.2, -0.15) is 0 Å². The van der Waals surface area contributed by atoms with E-state index in [0.29, 0.717) is 6.42 Å². The van der Waals surface area contributed by atoms with Crippen molar-refractivity contribution in [3.63, 3.8) is 0 Å². The van der Waals surface area contributed by atoms with Gasteiger partial charge in [0.25, 0.3) is 0 Å². The van der Waals surface area contributed by atoms with Crippen LogP contribution in [0.15, 0.2) is 0 Å². The summed E-state index contributed by atoms with van der Waals surface area (Å²) in [5, 5.41) is 11.3. The molecule has 4 heteroatoms. The fraction of sp³-hybridized carbons (Fsp3) is 0.875. The zero-order valence-electron chi connectivity index (χ0n) is 7.30. The molecular weight excluding hydrogens is 161 g/mol. The quantitative estimate of drug-likeness (QED) is 0.645. The standard InChI is InChI=1S/C8H14FNO2/c1-5(11)4-10-7(12)8(2)3-6(8)9/h5-6,11H,3-4H2,1-2H3,(H,10,12)/t5-,6?,8?/m0/s1. The average Bonchev–Trinajstić information content (AvgIpc) is 2.56. The number of aliphatic hydroxyl groups excluding tert-OH is 1. The van der Waals surface area contributed by atoms with Gasteiger partial charge in [-0.3, -0.25) is 4.79 Å². The number of carbonyl (C=O) groups is 1. The lowest BCUT2D eigenvalue weighted by Gasteiger charge is -2.10. The van der Waals surface area contributed by atoms with Crippen molar-refractivity contribution in [2.75, 3.05) is 6.54 Å². The molecule has 12 heavy (non-hydrogen) atoms. The molecular formula is C8H14FNO2. The Morgan fingerprint density at radius 2 is 2.42 bits per heavy atom. The molecule has 0 aromatic rings. The fourth-order valence-corrected chi connectivity index (χ4v) is 0.991. The molecule has 2 unspecified atom stereocenters. The van der Waals surface area contributed by atoms with E-state index in [1.54, 1.807) is 13.8 Å². The summed E-state index contributed by atoms with van der Waals surface area (Å²) in [4.78, 5) is 11.2. The Hall–Kier alpha value is -0.640. The van der Waals surface area contributed by atoms with E-state index in [9.17, 15) is 9.18 Å². The maximum absolute atomic E-state index is 12.6. The van der Waals surface area contributed by atoms with Crippen LogP contribution in [-0.4, -0.2) is 29.8 Å². The predicted molar refractivity (Wildman–Crippen MR) is 42.3 cm³/mol. The first kappa shape index (κ1) is 9.45.